The summed E-state index contributed by atoms with van der Waals surface area (Å²) in [6.07, 6.45) is -2.64. The van der Waals surface area contributed by atoms with Crippen LogP contribution in [0.3, 0.4) is 0 Å². The fraction of sp³-hybridized carbons (Fsp3) is 1.00. The largest absolute Gasteiger partial charge is 0.391 e. The molecule has 2 fully saturated rings. The summed E-state index contributed by atoms with van der Waals surface area (Å²) in [5, 5.41) is 28.4. The molecule has 5 atom stereocenters. The highest BCUT2D eigenvalue weighted by molar-refractivity contribution is 4.78. The maximum Gasteiger partial charge on any atom is 0.186 e. The Balaban J connectivity index is 1.83. The third-order valence-corrected chi connectivity index (χ3v) is 2.84. The predicted molar refractivity (Wildman–Crippen MR) is 52.7 cm³/mol. The second-order valence-electron chi connectivity index (χ2n) is 4.27. The maximum absolute atomic E-state index is 9.63. The van der Waals surface area contributed by atoms with Crippen LogP contribution in [0.4, 0.5) is 0 Å². The van der Waals surface area contributed by atoms with Crippen molar-refractivity contribution in [2.24, 2.45) is 0 Å². The first-order valence-electron chi connectivity index (χ1n) is 5.56. The van der Waals surface area contributed by atoms with Gasteiger partial charge in [0, 0.05) is 6.42 Å². The zero-order chi connectivity index (χ0) is 11.5. The Bertz CT molecular complexity index is 223. The van der Waals surface area contributed by atoms with E-state index < -0.39 is 24.6 Å². The smallest absolute Gasteiger partial charge is 0.186 e. The highest BCUT2D eigenvalue weighted by Crippen LogP contribution is 2.20. The first kappa shape index (κ1) is 12.2. The van der Waals surface area contributed by atoms with Crippen molar-refractivity contribution in [2.75, 3.05) is 19.8 Å². The Morgan fingerprint density at radius 3 is 2.69 bits per heavy atom. The highest BCUT2D eigenvalue weighted by atomic mass is 16.7. The van der Waals surface area contributed by atoms with Crippen molar-refractivity contribution in [1.29, 1.82) is 0 Å². The molecule has 0 amide bonds. The molecule has 0 aromatic rings. The molecule has 0 aromatic heterocycles. The number of aliphatic hydroxyl groups is 3. The van der Waals surface area contributed by atoms with Crippen molar-refractivity contribution in [3.05, 3.63) is 0 Å². The molecule has 2 heterocycles. The fourth-order valence-electron chi connectivity index (χ4n) is 1.94. The van der Waals surface area contributed by atoms with Crippen LogP contribution >= 0.6 is 0 Å². The number of rotatable bonds is 2. The van der Waals surface area contributed by atoms with Gasteiger partial charge in [-0.05, 0) is 6.42 Å². The second kappa shape index (κ2) is 5.39. The van der Waals surface area contributed by atoms with Crippen LogP contribution in [0, 0.1) is 0 Å². The van der Waals surface area contributed by atoms with E-state index in [0.717, 1.165) is 0 Å². The van der Waals surface area contributed by atoms with Crippen LogP contribution in [0.1, 0.15) is 12.8 Å². The van der Waals surface area contributed by atoms with Crippen LogP contribution in [0.2, 0.25) is 0 Å². The first-order chi connectivity index (χ1) is 7.66. The molecule has 0 unspecified atom stereocenters. The van der Waals surface area contributed by atoms with Crippen LogP contribution in [0.25, 0.3) is 0 Å². The van der Waals surface area contributed by atoms with Gasteiger partial charge in [-0.25, -0.2) is 0 Å². The van der Waals surface area contributed by atoms with Gasteiger partial charge in [0.1, 0.15) is 6.10 Å². The van der Waals surface area contributed by atoms with E-state index in [4.69, 9.17) is 14.2 Å². The third kappa shape index (κ3) is 2.91. The van der Waals surface area contributed by atoms with Gasteiger partial charge in [-0.3, -0.25) is 0 Å². The molecule has 0 aliphatic carbocycles. The van der Waals surface area contributed by atoms with Crippen molar-refractivity contribution in [3.63, 3.8) is 0 Å². The summed E-state index contributed by atoms with van der Waals surface area (Å²) < 4.78 is 15.8. The number of aliphatic hydroxyl groups excluding tert-OH is 3. The summed E-state index contributed by atoms with van der Waals surface area (Å²) in [5.41, 5.74) is 0. The molecule has 3 N–H and O–H groups in total. The Labute approximate surface area is 93.7 Å². The Hall–Kier alpha value is -0.240. The first-order valence-corrected chi connectivity index (χ1v) is 5.56. The van der Waals surface area contributed by atoms with Gasteiger partial charge in [0.2, 0.25) is 0 Å². The topological polar surface area (TPSA) is 88.4 Å². The van der Waals surface area contributed by atoms with E-state index in [0.29, 0.717) is 32.7 Å². The minimum atomic E-state index is -1.03. The summed E-state index contributed by atoms with van der Waals surface area (Å²) in [7, 11) is 0. The van der Waals surface area contributed by atoms with Gasteiger partial charge in [0.15, 0.2) is 6.29 Å². The van der Waals surface area contributed by atoms with E-state index in [9.17, 15) is 15.3 Å². The number of ether oxygens (including phenoxy) is 3. The molecule has 6 heteroatoms. The predicted octanol–water partition coefficient (Wildman–Crippen LogP) is -1.38. The number of hydrogen-bond acceptors (Lipinski definition) is 6. The van der Waals surface area contributed by atoms with Gasteiger partial charge in [-0.1, -0.05) is 0 Å². The maximum atomic E-state index is 9.63. The van der Waals surface area contributed by atoms with E-state index >= 15 is 0 Å². The monoisotopic (exact) mass is 234 g/mol. The molecule has 0 aromatic carbocycles. The molecule has 16 heavy (non-hydrogen) atoms. The van der Waals surface area contributed by atoms with Gasteiger partial charge in [-0.15, -0.1) is 0 Å². The molecule has 6 nitrogen and oxygen atoms in total. The summed E-state index contributed by atoms with van der Waals surface area (Å²) in [6.45, 7) is 1.05. The lowest BCUT2D eigenvalue weighted by atomic mass is 10.1. The van der Waals surface area contributed by atoms with Crippen molar-refractivity contribution < 1.29 is 29.5 Å². The molecular formula is C10H18O6. The molecule has 0 saturated carbocycles. The van der Waals surface area contributed by atoms with Crippen molar-refractivity contribution in [2.45, 2.75) is 43.5 Å². The van der Waals surface area contributed by atoms with Gasteiger partial charge in [0.25, 0.3) is 0 Å². The van der Waals surface area contributed by atoms with Gasteiger partial charge in [0.05, 0.1) is 38.1 Å². The van der Waals surface area contributed by atoms with Crippen molar-refractivity contribution >= 4 is 0 Å². The van der Waals surface area contributed by atoms with Crippen molar-refractivity contribution in [1.82, 2.24) is 0 Å². The molecule has 0 bridgehead atoms. The summed E-state index contributed by atoms with van der Waals surface area (Å²) in [4.78, 5) is 0. The molecule has 94 valence electrons. The summed E-state index contributed by atoms with van der Waals surface area (Å²) in [5.74, 6) is 0. The van der Waals surface area contributed by atoms with Crippen LogP contribution in [-0.2, 0) is 14.2 Å². The van der Waals surface area contributed by atoms with Gasteiger partial charge in [-0.2, -0.15) is 0 Å². The molecule has 2 aliphatic rings. The van der Waals surface area contributed by atoms with E-state index in [1.54, 1.807) is 0 Å². The van der Waals surface area contributed by atoms with Gasteiger partial charge >= 0.3 is 0 Å². The normalized spacial score (nSPS) is 45.6. The third-order valence-electron chi connectivity index (χ3n) is 2.84. The Morgan fingerprint density at radius 1 is 1.12 bits per heavy atom. The Morgan fingerprint density at radius 2 is 1.94 bits per heavy atom. The average molecular weight is 234 g/mol. The molecular weight excluding hydrogens is 216 g/mol. The SMILES string of the molecule is O[C@H]1COC[C@@H](O[C@@H]2OCC[C@H](O)[C@H]2O)C1. The molecule has 0 spiro atoms. The van der Waals surface area contributed by atoms with E-state index in [2.05, 4.69) is 0 Å². The van der Waals surface area contributed by atoms with E-state index in [-0.39, 0.29) is 6.10 Å². The van der Waals surface area contributed by atoms with Gasteiger partial charge < -0.3 is 29.5 Å². The molecule has 2 rings (SSSR count). The van der Waals surface area contributed by atoms with Crippen LogP contribution in [0.15, 0.2) is 0 Å². The zero-order valence-electron chi connectivity index (χ0n) is 8.99. The Kier molecular flexibility index (Phi) is 4.12. The van der Waals surface area contributed by atoms with Crippen LogP contribution < -0.4 is 0 Å². The lowest BCUT2D eigenvalue weighted by molar-refractivity contribution is -0.271. The van der Waals surface area contributed by atoms with Crippen LogP contribution in [0.5, 0.6) is 0 Å². The summed E-state index contributed by atoms with van der Waals surface area (Å²) in [6, 6.07) is 0. The highest BCUT2D eigenvalue weighted by Gasteiger charge is 2.35. The van der Waals surface area contributed by atoms with Crippen LogP contribution in [-0.4, -0.2) is 65.8 Å². The minimum absolute atomic E-state index is 0.298. The fourth-order valence-corrected chi connectivity index (χ4v) is 1.94. The molecule has 2 saturated heterocycles. The molecule has 0 radical (unpaired) electrons. The zero-order valence-corrected chi connectivity index (χ0v) is 8.99. The minimum Gasteiger partial charge on any atom is -0.391 e. The standard InChI is InChI=1S/C10H18O6/c11-6-3-7(5-14-4-6)16-10-9(13)8(12)1-2-15-10/h6-13H,1-5H2/t6-,7+,8+,9-,10+/m1/s1. The van der Waals surface area contributed by atoms with E-state index in [1.807, 2.05) is 0 Å². The van der Waals surface area contributed by atoms with Crippen molar-refractivity contribution in [3.8, 4) is 0 Å². The second-order valence-corrected chi connectivity index (χ2v) is 4.27. The van der Waals surface area contributed by atoms with E-state index in [1.165, 1.54) is 0 Å². The molecule has 2 aliphatic heterocycles. The quantitative estimate of drug-likeness (QED) is 0.546. The number of hydrogen-bond donors (Lipinski definition) is 3. The summed E-state index contributed by atoms with van der Waals surface area (Å²) >= 11 is 0. The lowest BCUT2D eigenvalue weighted by Gasteiger charge is -2.35. The average Bonchev–Trinajstić information content (AvgIpc) is 2.25. The lowest BCUT2D eigenvalue weighted by Crippen LogP contribution is -2.49.